The van der Waals surface area contributed by atoms with Crippen molar-refractivity contribution in [1.29, 1.82) is 0 Å². The van der Waals surface area contributed by atoms with Gasteiger partial charge in [-0.15, -0.1) is 0 Å². The highest BCUT2D eigenvalue weighted by Gasteiger charge is 2.38. The summed E-state index contributed by atoms with van der Waals surface area (Å²) in [5.41, 5.74) is 1.03. The molecule has 0 aromatic carbocycles. The molecule has 2 aliphatic rings. The number of piperidine rings is 1. The van der Waals surface area contributed by atoms with Crippen LogP contribution in [0.4, 0.5) is 8.78 Å². The molecule has 2 aromatic rings. The number of H-pyrrole nitrogens is 1. The second kappa shape index (κ2) is 8.59. The molecule has 164 valence electrons. The number of aromatic nitrogens is 2. The van der Waals surface area contributed by atoms with E-state index in [1.54, 1.807) is 0 Å². The number of likely N-dealkylation sites (tertiary alicyclic amines) is 1. The predicted molar refractivity (Wildman–Crippen MR) is 107 cm³/mol. The van der Waals surface area contributed by atoms with E-state index < -0.39 is 5.92 Å². The van der Waals surface area contributed by atoms with E-state index in [-0.39, 0.29) is 30.8 Å². The van der Waals surface area contributed by atoms with E-state index in [1.165, 1.54) is 6.42 Å². The SMILES string of the molecule is O=C(NCC1(CO)CCCCC1)c1[nH]c(C[NH+]2CCC(F)(F)CC2)[n+]2ccccc12. The molecule has 3 heterocycles. The number of hydrogen-bond acceptors (Lipinski definition) is 2. The maximum atomic E-state index is 13.5. The van der Waals surface area contributed by atoms with Gasteiger partial charge in [-0.05, 0) is 25.0 Å². The van der Waals surface area contributed by atoms with Crippen molar-refractivity contribution in [2.24, 2.45) is 5.41 Å². The Kier molecular flexibility index (Phi) is 6.06. The molecular formula is C22H32F2N4O2+2. The highest BCUT2D eigenvalue weighted by Crippen LogP contribution is 2.35. The fourth-order valence-electron chi connectivity index (χ4n) is 4.88. The first-order valence-corrected chi connectivity index (χ1v) is 11.0. The van der Waals surface area contributed by atoms with Gasteiger partial charge in [-0.2, -0.15) is 4.40 Å². The summed E-state index contributed by atoms with van der Waals surface area (Å²) < 4.78 is 28.9. The largest absolute Gasteiger partial charge is 0.396 e. The molecular weight excluding hydrogens is 390 g/mol. The van der Waals surface area contributed by atoms with E-state index in [0.717, 1.165) is 41.9 Å². The van der Waals surface area contributed by atoms with Gasteiger partial charge in [0.2, 0.25) is 5.69 Å². The van der Waals surface area contributed by atoms with Crippen LogP contribution >= 0.6 is 0 Å². The van der Waals surface area contributed by atoms with Gasteiger partial charge >= 0.3 is 5.82 Å². The maximum Gasteiger partial charge on any atom is 0.316 e. The summed E-state index contributed by atoms with van der Waals surface area (Å²) in [5.74, 6) is -1.91. The number of aliphatic hydroxyl groups excluding tert-OH is 1. The number of aromatic amines is 1. The molecule has 2 fully saturated rings. The first-order valence-electron chi connectivity index (χ1n) is 11.0. The number of quaternary nitrogens is 1. The lowest BCUT2D eigenvalue weighted by molar-refractivity contribution is -0.927. The Hall–Kier alpha value is -2.06. The molecule has 2 aromatic heterocycles. The van der Waals surface area contributed by atoms with Crippen LogP contribution in [0, 0.1) is 5.41 Å². The van der Waals surface area contributed by atoms with Crippen molar-refractivity contribution >= 4 is 11.4 Å². The number of nitrogens with zero attached hydrogens (tertiary/aromatic N) is 1. The Balaban J connectivity index is 1.49. The lowest BCUT2D eigenvalue weighted by Crippen LogP contribution is -3.12. The Labute approximate surface area is 175 Å². The number of hydrogen-bond donors (Lipinski definition) is 4. The third-order valence-electron chi connectivity index (χ3n) is 6.88. The van der Waals surface area contributed by atoms with Crippen molar-refractivity contribution in [3.63, 3.8) is 0 Å². The maximum absolute atomic E-state index is 13.5. The fraction of sp³-hybridized carbons (Fsp3) is 0.636. The van der Waals surface area contributed by atoms with Gasteiger partial charge in [0, 0.05) is 12.0 Å². The van der Waals surface area contributed by atoms with Crippen LogP contribution in [0.15, 0.2) is 24.4 Å². The van der Waals surface area contributed by atoms with E-state index in [0.29, 0.717) is 31.9 Å². The first kappa shape index (κ1) is 21.2. The Morgan fingerprint density at radius 2 is 1.90 bits per heavy atom. The summed E-state index contributed by atoms with van der Waals surface area (Å²) in [7, 11) is 0. The summed E-state index contributed by atoms with van der Waals surface area (Å²) in [6.07, 6.45) is 6.91. The van der Waals surface area contributed by atoms with Gasteiger partial charge in [-0.25, -0.2) is 13.8 Å². The monoisotopic (exact) mass is 422 g/mol. The molecule has 4 N–H and O–H groups in total. The van der Waals surface area contributed by atoms with Gasteiger partial charge in [-0.1, -0.05) is 25.3 Å². The van der Waals surface area contributed by atoms with Crippen molar-refractivity contribution in [2.45, 2.75) is 57.4 Å². The molecule has 30 heavy (non-hydrogen) atoms. The van der Waals surface area contributed by atoms with Crippen LogP contribution in [0.25, 0.3) is 5.52 Å². The van der Waals surface area contributed by atoms with Gasteiger partial charge in [0.1, 0.15) is 0 Å². The Morgan fingerprint density at radius 1 is 1.17 bits per heavy atom. The topological polar surface area (TPSA) is 73.7 Å². The molecule has 0 spiro atoms. The average molecular weight is 423 g/mol. The number of fused-ring (bicyclic) bond motifs is 1. The van der Waals surface area contributed by atoms with Crippen LogP contribution in [0.3, 0.4) is 0 Å². The van der Waals surface area contributed by atoms with Gasteiger partial charge in [-0.3, -0.25) is 4.79 Å². The summed E-state index contributed by atoms with van der Waals surface area (Å²) in [6.45, 7) is 1.95. The third kappa shape index (κ3) is 4.49. The fourth-order valence-corrected chi connectivity index (χ4v) is 4.88. The van der Waals surface area contributed by atoms with E-state index >= 15 is 0 Å². The van der Waals surface area contributed by atoms with Crippen molar-refractivity contribution in [1.82, 2.24) is 10.3 Å². The zero-order valence-corrected chi connectivity index (χ0v) is 17.4. The smallest absolute Gasteiger partial charge is 0.316 e. The van der Waals surface area contributed by atoms with Gasteiger partial charge in [0.15, 0.2) is 12.1 Å². The number of alkyl halides is 2. The van der Waals surface area contributed by atoms with Crippen LogP contribution in [-0.4, -0.2) is 48.2 Å². The normalized spacial score (nSPS) is 21.6. The molecule has 1 saturated carbocycles. The van der Waals surface area contributed by atoms with Crippen LogP contribution in [0.1, 0.15) is 61.3 Å². The van der Waals surface area contributed by atoms with Crippen LogP contribution in [0.2, 0.25) is 0 Å². The van der Waals surface area contributed by atoms with Gasteiger partial charge < -0.3 is 15.3 Å². The van der Waals surface area contributed by atoms with E-state index in [4.69, 9.17) is 0 Å². The minimum absolute atomic E-state index is 0.0850. The van der Waals surface area contributed by atoms with Gasteiger partial charge in [0.25, 0.3) is 11.8 Å². The van der Waals surface area contributed by atoms with E-state index in [9.17, 15) is 18.7 Å². The van der Waals surface area contributed by atoms with Gasteiger partial charge in [0.05, 0.1) is 38.7 Å². The Bertz CT molecular complexity index is 882. The summed E-state index contributed by atoms with van der Waals surface area (Å²) in [6, 6.07) is 5.67. The zero-order valence-electron chi connectivity index (χ0n) is 17.4. The molecule has 1 aliphatic carbocycles. The second-order valence-corrected chi connectivity index (χ2v) is 9.09. The number of carbonyl (C=O) groups is 1. The molecule has 0 bridgehead atoms. The number of aliphatic hydroxyl groups is 1. The molecule has 0 atom stereocenters. The van der Waals surface area contributed by atoms with Crippen molar-refractivity contribution in [3.8, 4) is 0 Å². The molecule has 0 radical (unpaired) electrons. The number of pyridine rings is 1. The minimum atomic E-state index is -2.55. The highest BCUT2D eigenvalue weighted by molar-refractivity contribution is 5.97. The van der Waals surface area contributed by atoms with Crippen molar-refractivity contribution in [2.75, 3.05) is 26.2 Å². The molecule has 1 saturated heterocycles. The standard InChI is InChI=1S/C22H30F2N4O2/c23-22(24)9-12-27(13-10-22)14-18-26-19(17-6-2-5-11-28(17)18)20(30)25-15-21(16-29)7-3-1-4-8-21/h2,5-6,11,29H,1,3-4,7-10,12-16H2,(H,25,30)/p+2. The van der Waals surface area contributed by atoms with Crippen LogP contribution in [0.5, 0.6) is 0 Å². The zero-order chi connectivity index (χ0) is 21.2. The molecule has 1 aliphatic heterocycles. The number of imidazole rings is 1. The molecule has 1 amide bonds. The minimum Gasteiger partial charge on any atom is -0.396 e. The third-order valence-corrected chi connectivity index (χ3v) is 6.88. The van der Waals surface area contributed by atoms with E-state index in [1.807, 2.05) is 28.8 Å². The van der Waals surface area contributed by atoms with E-state index in [2.05, 4.69) is 10.3 Å². The van der Waals surface area contributed by atoms with Crippen molar-refractivity contribution < 1.29 is 28.0 Å². The van der Waals surface area contributed by atoms with Crippen molar-refractivity contribution in [3.05, 3.63) is 35.9 Å². The summed E-state index contributed by atoms with van der Waals surface area (Å²) in [4.78, 5) is 17.4. The molecule has 0 unspecified atom stereocenters. The summed E-state index contributed by atoms with van der Waals surface area (Å²) in [5, 5.41) is 12.9. The Morgan fingerprint density at radius 3 is 2.60 bits per heavy atom. The highest BCUT2D eigenvalue weighted by atomic mass is 19.3. The van der Waals surface area contributed by atoms with Crippen LogP contribution in [-0.2, 0) is 6.54 Å². The predicted octanol–water partition coefficient (Wildman–Crippen LogP) is 1.24. The lowest BCUT2D eigenvalue weighted by atomic mass is 9.74. The quantitative estimate of drug-likeness (QED) is 0.529. The number of amides is 1. The number of nitrogens with one attached hydrogen (secondary N) is 3. The molecule has 8 heteroatoms. The molecule has 4 rings (SSSR count). The van der Waals surface area contributed by atoms with Crippen LogP contribution < -0.4 is 14.6 Å². The number of carbonyl (C=O) groups excluding carboxylic acids is 1. The number of halogens is 2. The lowest BCUT2D eigenvalue weighted by Gasteiger charge is -2.35. The molecule has 6 nitrogen and oxygen atoms in total. The average Bonchev–Trinajstić information content (AvgIpc) is 3.13. The summed E-state index contributed by atoms with van der Waals surface area (Å²) >= 11 is 0. The second-order valence-electron chi connectivity index (χ2n) is 9.09. The number of rotatable bonds is 6. The first-order chi connectivity index (χ1) is 14.4.